The standard InChI is InChI=1S/C42H70N6O16/c1-8-13-18-52-31-27(23-57-25(6)49)61-41(29(45-47-43)33(31)53-19-14-9-2)63-36-35(54-20-15-10-3)38(55-21-16-11-4)42(64-37(36)39(51)56-22-17-12-5)62-32-28-24-58-40(60-28)30(46-48-44)34(32)59-26(7)50/h27-38,40-42H,8-24H2,1-7H3/t27-,28?,29?,30?,31+,32+,33?,34?,35?,36-,37+,38-,40+,41+,42+/m0/s1. The molecule has 364 valence electrons. The van der Waals surface area contributed by atoms with Crippen molar-refractivity contribution in [1.29, 1.82) is 0 Å². The van der Waals surface area contributed by atoms with Crippen LogP contribution in [0.15, 0.2) is 10.2 Å². The molecule has 4 aliphatic rings. The number of nitrogens with zero attached hydrogens (tertiary/aromatic N) is 6. The van der Waals surface area contributed by atoms with E-state index in [-0.39, 0.29) is 39.6 Å². The third-order valence-corrected chi connectivity index (χ3v) is 11.1. The van der Waals surface area contributed by atoms with Crippen molar-refractivity contribution in [3.8, 4) is 0 Å². The molecule has 2 bridgehead atoms. The van der Waals surface area contributed by atoms with Gasteiger partial charge in [-0.05, 0) is 43.2 Å². The maximum Gasteiger partial charge on any atom is 0.338 e. The van der Waals surface area contributed by atoms with Crippen molar-refractivity contribution in [2.75, 3.05) is 46.2 Å². The minimum absolute atomic E-state index is 0.00223. The predicted molar refractivity (Wildman–Crippen MR) is 224 cm³/mol. The topological polar surface area (TPSA) is 269 Å². The Bertz CT molecular complexity index is 1520. The number of azide groups is 2. The van der Waals surface area contributed by atoms with E-state index in [1.807, 2.05) is 34.6 Å². The zero-order valence-corrected chi connectivity index (χ0v) is 38.4. The molecule has 0 N–H and O–H groups in total. The largest absolute Gasteiger partial charge is 0.464 e. The Hall–Kier alpha value is -3.37. The minimum atomic E-state index is -1.59. The lowest BCUT2D eigenvalue weighted by Crippen LogP contribution is -2.67. The quantitative estimate of drug-likeness (QED) is 0.0211. The molecule has 0 aromatic carbocycles. The summed E-state index contributed by atoms with van der Waals surface area (Å²) in [5, 5.41) is 7.98. The van der Waals surface area contributed by atoms with Crippen LogP contribution in [-0.4, -0.2) is 156 Å². The highest BCUT2D eigenvalue weighted by Crippen LogP contribution is 2.39. The summed E-state index contributed by atoms with van der Waals surface area (Å²) in [5.74, 6) is -2.05. The summed E-state index contributed by atoms with van der Waals surface area (Å²) in [4.78, 5) is 45.2. The average molecular weight is 915 g/mol. The summed E-state index contributed by atoms with van der Waals surface area (Å²) in [6.45, 7) is 13.2. The second-order valence-electron chi connectivity index (χ2n) is 16.1. The molecule has 4 saturated heterocycles. The molecule has 0 aromatic heterocycles. The number of rotatable bonds is 29. The van der Waals surface area contributed by atoms with E-state index in [2.05, 4.69) is 20.1 Å². The maximum absolute atomic E-state index is 14.4. The lowest BCUT2D eigenvalue weighted by atomic mass is 9.94. The van der Waals surface area contributed by atoms with Crippen molar-refractivity contribution in [3.63, 3.8) is 0 Å². The number of carbonyl (C=O) groups excluding carboxylic acids is 3. The first kappa shape index (κ1) is 53.2. The molecule has 4 heterocycles. The zero-order valence-electron chi connectivity index (χ0n) is 38.4. The van der Waals surface area contributed by atoms with E-state index in [9.17, 15) is 25.4 Å². The molecular formula is C42H70N6O16. The van der Waals surface area contributed by atoms with Crippen LogP contribution in [0.2, 0.25) is 0 Å². The maximum atomic E-state index is 14.4. The van der Waals surface area contributed by atoms with Crippen molar-refractivity contribution in [3.05, 3.63) is 20.9 Å². The fraction of sp³-hybridized carbons (Fsp3) is 0.929. The molecule has 4 aliphatic heterocycles. The number of carbonyl (C=O) groups is 3. The predicted octanol–water partition coefficient (Wildman–Crippen LogP) is 5.90. The van der Waals surface area contributed by atoms with E-state index in [0.29, 0.717) is 38.7 Å². The van der Waals surface area contributed by atoms with Crippen molar-refractivity contribution in [2.24, 2.45) is 10.2 Å². The number of esters is 3. The van der Waals surface area contributed by atoms with Gasteiger partial charge < -0.3 is 61.6 Å². The summed E-state index contributed by atoms with van der Waals surface area (Å²) in [6, 6.07) is -2.33. The third kappa shape index (κ3) is 15.1. The molecule has 0 radical (unpaired) electrons. The summed E-state index contributed by atoms with van der Waals surface area (Å²) in [6.07, 6.45) is -7.98. The van der Waals surface area contributed by atoms with E-state index in [4.69, 9.17) is 61.6 Å². The lowest BCUT2D eigenvalue weighted by Gasteiger charge is -2.50. The molecule has 0 saturated carbocycles. The van der Waals surface area contributed by atoms with Gasteiger partial charge in [-0.25, -0.2) is 4.79 Å². The van der Waals surface area contributed by atoms with Gasteiger partial charge >= 0.3 is 17.9 Å². The van der Waals surface area contributed by atoms with Gasteiger partial charge in [-0.15, -0.1) is 0 Å². The Kier molecular flexibility index (Phi) is 23.8. The van der Waals surface area contributed by atoms with Crippen molar-refractivity contribution >= 4 is 17.9 Å². The second-order valence-corrected chi connectivity index (χ2v) is 16.1. The lowest BCUT2D eigenvalue weighted by molar-refractivity contribution is -0.363. The minimum Gasteiger partial charge on any atom is -0.464 e. The molecule has 64 heavy (non-hydrogen) atoms. The first-order valence-corrected chi connectivity index (χ1v) is 23.0. The fourth-order valence-corrected chi connectivity index (χ4v) is 7.73. The van der Waals surface area contributed by atoms with Gasteiger partial charge in [0.2, 0.25) is 0 Å². The highest BCUT2D eigenvalue weighted by atomic mass is 16.8. The number of hydrogen-bond acceptors (Lipinski definition) is 18. The fourth-order valence-electron chi connectivity index (χ4n) is 7.73. The van der Waals surface area contributed by atoms with Crippen molar-refractivity contribution < 1.29 is 76.0 Å². The number of hydrogen-bond donors (Lipinski definition) is 0. The number of fused-ring (bicyclic) bond motifs is 2. The van der Waals surface area contributed by atoms with E-state index in [1.54, 1.807) is 0 Å². The van der Waals surface area contributed by atoms with Crippen LogP contribution in [0.4, 0.5) is 0 Å². The molecule has 4 fully saturated rings. The van der Waals surface area contributed by atoms with E-state index in [0.717, 1.165) is 32.1 Å². The molecule has 22 heteroatoms. The van der Waals surface area contributed by atoms with Crippen LogP contribution in [0.1, 0.15) is 113 Å². The highest BCUT2D eigenvalue weighted by molar-refractivity contribution is 5.76. The van der Waals surface area contributed by atoms with Crippen LogP contribution in [0.3, 0.4) is 0 Å². The molecule has 0 spiro atoms. The molecule has 0 amide bonds. The van der Waals surface area contributed by atoms with Gasteiger partial charge in [-0.2, -0.15) is 0 Å². The van der Waals surface area contributed by atoms with Gasteiger partial charge in [-0.1, -0.05) is 77.0 Å². The first-order valence-electron chi connectivity index (χ1n) is 23.0. The normalized spacial score (nSPS) is 33.4. The Morgan fingerprint density at radius 3 is 1.70 bits per heavy atom. The van der Waals surface area contributed by atoms with Crippen LogP contribution in [0.25, 0.3) is 20.9 Å². The molecule has 0 aromatic rings. The summed E-state index contributed by atoms with van der Waals surface area (Å²) < 4.78 is 81.5. The van der Waals surface area contributed by atoms with Crippen LogP contribution >= 0.6 is 0 Å². The molecular weight excluding hydrogens is 844 g/mol. The summed E-state index contributed by atoms with van der Waals surface area (Å²) >= 11 is 0. The Labute approximate surface area is 375 Å². The van der Waals surface area contributed by atoms with Crippen molar-refractivity contribution in [1.82, 2.24) is 0 Å². The van der Waals surface area contributed by atoms with Crippen LogP contribution in [-0.2, 0) is 76.0 Å². The van der Waals surface area contributed by atoms with E-state index in [1.165, 1.54) is 13.8 Å². The molecule has 4 rings (SSSR count). The molecule has 15 atom stereocenters. The molecule has 0 aliphatic carbocycles. The Balaban J connectivity index is 1.85. The zero-order chi connectivity index (χ0) is 46.4. The van der Waals surface area contributed by atoms with Crippen LogP contribution in [0, 0.1) is 0 Å². The van der Waals surface area contributed by atoms with E-state index >= 15 is 0 Å². The van der Waals surface area contributed by atoms with Gasteiger partial charge in [0.1, 0.15) is 67.5 Å². The smallest absolute Gasteiger partial charge is 0.338 e. The van der Waals surface area contributed by atoms with Crippen LogP contribution < -0.4 is 0 Å². The van der Waals surface area contributed by atoms with Gasteiger partial charge in [0.15, 0.2) is 25.0 Å². The van der Waals surface area contributed by atoms with Gasteiger partial charge in [0.05, 0.1) is 19.3 Å². The first-order chi connectivity index (χ1) is 31.1. The Morgan fingerprint density at radius 1 is 0.578 bits per heavy atom. The monoisotopic (exact) mass is 914 g/mol. The van der Waals surface area contributed by atoms with Crippen molar-refractivity contribution in [2.45, 2.75) is 205 Å². The number of ether oxygens (including phenoxy) is 13. The van der Waals surface area contributed by atoms with Gasteiger partial charge in [0.25, 0.3) is 0 Å². The average Bonchev–Trinajstić information content (AvgIpc) is 3.71. The Morgan fingerprint density at radius 2 is 1.12 bits per heavy atom. The highest BCUT2D eigenvalue weighted by Gasteiger charge is 2.59. The number of unbranched alkanes of at least 4 members (excludes halogenated alkanes) is 5. The molecule has 22 nitrogen and oxygen atoms in total. The van der Waals surface area contributed by atoms with Gasteiger partial charge in [0, 0.05) is 50.1 Å². The summed E-state index contributed by atoms with van der Waals surface area (Å²) in [5.41, 5.74) is 19.5. The van der Waals surface area contributed by atoms with Gasteiger partial charge in [-0.3, -0.25) is 9.59 Å². The SMILES string of the molecule is CCCCOC(=O)[C@@H]1O[C@@H](O[C@@H]2C3CO[C@H](O3)C(N=[N+]=[N-])C2OC(C)=O)[C@@H](OCCCC)C(OCCCC)[C@@H]1O[C@H]1O[C@@H](COC(C)=O)[C@@H](OCCCC)C(OCCCC)C1N=[N+]=[N-]. The molecule has 6 unspecified atom stereocenters. The summed E-state index contributed by atoms with van der Waals surface area (Å²) in [7, 11) is 0. The third-order valence-electron chi connectivity index (χ3n) is 11.1. The second kappa shape index (κ2) is 28.6. The van der Waals surface area contributed by atoms with Crippen LogP contribution in [0.5, 0.6) is 0 Å². The van der Waals surface area contributed by atoms with E-state index < -0.39 is 110 Å².